The molecule has 0 saturated heterocycles. The van der Waals surface area contributed by atoms with Gasteiger partial charge < -0.3 is 4.74 Å². The fraction of sp³-hybridized carbons (Fsp3) is 0.533. The monoisotopic (exact) mass is 234 g/mol. The summed E-state index contributed by atoms with van der Waals surface area (Å²) in [5.74, 6) is 1.29. The molecule has 0 amide bonds. The van der Waals surface area contributed by atoms with Gasteiger partial charge >= 0.3 is 0 Å². The maximum absolute atomic E-state index is 11.3. The molecule has 0 aliphatic carbocycles. The Morgan fingerprint density at radius 1 is 1.29 bits per heavy atom. The highest BCUT2D eigenvalue weighted by atomic mass is 16.5. The minimum atomic E-state index is 0.0842. The molecule has 0 fully saturated rings. The molecule has 0 heterocycles. The molecule has 1 rings (SSSR count). The number of carbonyl (C=O) groups excluding carboxylic acids is 1. The van der Waals surface area contributed by atoms with Crippen LogP contribution in [0.25, 0.3) is 0 Å². The van der Waals surface area contributed by atoms with Gasteiger partial charge in [0.2, 0.25) is 0 Å². The smallest absolute Gasteiger partial charge is 0.132 e. The lowest BCUT2D eigenvalue weighted by atomic mass is 9.91. The number of Topliss-reactive ketones (excluding diaryl/α,β-unsaturated/α-hetero) is 1. The van der Waals surface area contributed by atoms with Crippen molar-refractivity contribution in [3.05, 3.63) is 28.3 Å². The summed E-state index contributed by atoms with van der Waals surface area (Å²) in [6.07, 6.45) is 0.812. The first kappa shape index (κ1) is 13.8. The van der Waals surface area contributed by atoms with E-state index in [-0.39, 0.29) is 11.7 Å². The van der Waals surface area contributed by atoms with Crippen molar-refractivity contribution >= 4 is 5.78 Å². The number of benzene rings is 1. The van der Waals surface area contributed by atoms with Gasteiger partial charge in [-0.15, -0.1) is 0 Å². The minimum absolute atomic E-state index is 0.0842. The van der Waals surface area contributed by atoms with E-state index in [0.29, 0.717) is 0 Å². The number of ether oxygens (including phenoxy) is 1. The van der Waals surface area contributed by atoms with Gasteiger partial charge in [-0.2, -0.15) is 0 Å². The van der Waals surface area contributed by atoms with Crippen LogP contribution in [0.5, 0.6) is 5.75 Å². The molecule has 0 aromatic heterocycles. The SMILES string of the molecule is COc1c(C)cc(CC(C)C(C)=O)c(C)c1C. The van der Waals surface area contributed by atoms with Crippen molar-refractivity contribution in [1.82, 2.24) is 0 Å². The molecule has 94 valence electrons. The first-order valence-electron chi connectivity index (χ1n) is 6.02. The molecule has 2 heteroatoms. The summed E-state index contributed by atoms with van der Waals surface area (Å²) >= 11 is 0. The maximum Gasteiger partial charge on any atom is 0.132 e. The third kappa shape index (κ3) is 2.87. The molecule has 1 aromatic rings. The van der Waals surface area contributed by atoms with Gasteiger partial charge in [-0.1, -0.05) is 13.0 Å². The zero-order valence-corrected chi connectivity index (χ0v) is 11.7. The first-order chi connectivity index (χ1) is 7.88. The summed E-state index contributed by atoms with van der Waals surface area (Å²) in [5, 5.41) is 0. The average Bonchev–Trinajstić information content (AvgIpc) is 2.26. The van der Waals surface area contributed by atoms with E-state index in [1.807, 2.05) is 13.8 Å². The van der Waals surface area contributed by atoms with E-state index >= 15 is 0 Å². The summed E-state index contributed by atoms with van der Waals surface area (Å²) in [5.41, 5.74) is 4.81. The second-order valence-electron chi connectivity index (χ2n) is 4.85. The Bertz CT molecular complexity index is 433. The van der Waals surface area contributed by atoms with Gasteiger partial charge in [-0.05, 0) is 56.4 Å². The lowest BCUT2D eigenvalue weighted by Gasteiger charge is -2.17. The Morgan fingerprint density at radius 2 is 1.88 bits per heavy atom. The van der Waals surface area contributed by atoms with Crippen molar-refractivity contribution in [3.63, 3.8) is 0 Å². The third-order valence-electron chi connectivity index (χ3n) is 3.56. The zero-order chi connectivity index (χ0) is 13.2. The molecule has 1 aromatic carbocycles. The first-order valence-corrected chi connectivity index (χ1v) is 6.02. The molecule has 0 spiro atoms. The summed E-state index contributed by atoms with van der Waals surface area (Å²) in [4.78, 5) is 11.3. The highest BCUT2D eigenvalue weighted by Crippen LogP contribution is 2.29. The van der Waals surface area contributed by atoms with Gasteiger partial charge in [0, 0.05) is 5.92 Å². The van der Waals surface area contributed by atoms with Crippen LogP contribution in [0.1, 0.15) is 36.1 Å². The van der Waals surface area contributed by atoms with E-state index in [0.717, 1.165) is 17.7 Å². The highest BCUT2D eigenvalue weighted by molar-refractivity contribution is 5.78. The Morgan fingerprint density at radius 3 is 2.35 bits per heavy atom. The Labute approximate surface area is 104 Å². The van der Waals surface area contributed by atoms with Gasteiger partial charge in [0.05, 0.1) is 7.11 Å². The van der Waals surface area contributed by atoms with Crippen molar-refractivity contribution < 1.29 is 9.53 Å². The average molecular weight is 234 g/mol. The largest absolute Gasteiger partial charge is 0.496 e. The molecule has 2 nitrogen and oxygen atoms in total. The Balaban J connectivity index is 3.15. The van der Waals surface area contributed by atoms with Gasteiger partial charge in [-0.3, -0.25) is 4.79 Å². The van der Waals surface area contributed by atoms with Crippen molar-refractivity contribution in [3.8, 4) is 5.75 Å². The predicted molar refractivity (Wildman–Crippen MR) is 70.8 cm³/mol. The van der Waals surface area contributed by atoms with Gasteiger partial charge in [0.15, 0.2) is 0 Å². The van der Waals surface area contributed by atoms with E-state index in [1.165, 1.54) is 16.7 Å². The number of methoxy groups -OCH3 is 1. The van der Waals surface area contributed by atoms with Crippen LogP contribution in [0, 0.1) is 26.7 Å². The number of hydrogen-bond donors (Lipinski definition) is 0. The van der Waals surface area contributed by atoms with Gasteiger partial charge in [-0.25, -0.2) is 0 Å². The molecular weight excluding hydrogens is 212 g/mol. The highest BCUT2D eigenvalue weighted by Gasteiger charge is 2.14. The van der Waals surface area contributed by atoms with E-state index in [9.17, 15) is 4.79 Å². The summed E-state index contributed by atoms with van der Waals surface area (Å²) in [6.45, 7) is 9.86. The van der Waals surface area contributed by atoms with Gasteiger partial charge in [0.25, 0.3) is 0 Å². The molecule has 0 saturated carbocycles. The van der Waals surface area contributed by atoms with E-state index in [4.69, 9.17) is 4.74 Å². The number of aryl methyl sites for hydroxylation is 1. The normalized spacial score (nSPS) is 12.4. The van der Waals surface area contributed by atoms with Crippen LogP contribution < -0.4 is 4.74 Å². The molecule has 1 unspecified atom stereocenters. The van der Waals surface area contributed by atoms with E-state index < -0.39 is 0 Å². The lowest BCUT2D eigenvalue weighted by molar-refractivity contribution is -0.120. The number of ketones is 1. The molecular formula is C15H22O2. The molecule has 0 N–H and O–H groups in total. The standard InChI is InChI=1S/C15H22O2/c1-9(13(5)16)7-14-8-10(2)15(17-6)12(4)11(14)3/h8-9H,7H2,1-6H3. The van der Waals surface area contributed by atoms with Crippen LogP contribution in [-0.2, 0) is 11.2 Å². The summed E-state index contributed by atoms with van der Waals surface area (Å²) in [7, 11) is 1.70. The van der Waals surface area contributed by atoms with E-state index in [2.05, 4.69) is 19.9 Å². The van der Waals surface area contributed by atoms with Crippen LogP contribution in [0.3, 0.4) is 0 Å². The van der Waals surface area contributed by atoms with Crippen LogP contribution in [0.2, 0.25) is 0 Å². The number of rotatable bonds is 4. The third-order valence-corrected chi connectivity index (χ3v) is 3.56. The maximum atomic E-state index is 11.3. The fourth-order valence-corrected chi connectivity index (χ4v) is 2.14. The second-order valence-corrected chi connectivity index (χ2v) is 4.85. The topological polar surface area (TPSA) is 26.3 Å². The van der Waals surface area contributed by atoms with Crippen LogP contribution in [0.4, 0.5) is 0 Å². The lowest BCUT2D eigenvalue weighted by Crippen LogP contribution is -2.11. The second kappa shape index (κ2) is 5.35. The van der Waals surface area contributed by atoms with Crippen molar-refractivity contribution in [2.75, 3.05) is 7.11 Å². The van der Waals surface area contributed by atoms with Crippen LogP contribution in [-0.4, -0.2) is 12.9 Å². The minimum Gasteiger partial charge on any atom is -0.496 e. The predicted octanol–water partition coefficient (Wildman–Crippen LogP) is 3.39. The molecule has 0 aliphatic rings. The summed E-state index contributed by atoms with van der Waals surface area (Å²) in [6, 6.07) is 2.14. The Kier molecular flexibility index (Phi) is 4.33. The van der Waals surface area contributed by atoms with Gasteiger partial charge in [0.1, 0.15) is 11.5 Å². The summed E-state index contributed by atoms with van der Waals surface area (Å²) < 4.78 is 5.40. The van der Waals surface area contributed by atoms with Crippen molar-refractivity contribution in [1.29, 1.82) is 0 Å². The van der Waals surface area contributed by atoms with Crippen molar-refractivity contribution in [2.45, 2.75) is 41.0 Å². The van der Waals surface area contributed by atoms with Crippen LogP contribution in [0.15, 0.2) is 6.07 Å². The van der Waals surface area contributed by atoms with Crippen molar-refractivity contribution in [2.24, 2.45) is 5.92 Å². The molecule has 17 heavy (non-hydrogen) atoms. The Hall–Kier alpha value is -1.31. The molecule has 0 radical (unpaired) electrons. The van der Waals surface area contributed by atoms with Crippen LogP contribution >= 0.6 is 0 Å². The molecule has 0 bridgehead atoms. The number of hydrogen-bond acceptors (Lipinski definition) is 2. The molecule has 1 atom stereocenters. The molecule has 0 aliphatic heterocycles. The number of carbonyl (C=O) groups is 1. The zero-order valence-electron chi connectivity index (χ0n) is 11.7. The fourth-order valence-electron chi connectivity index (χ4n) is 2.14. The van der Waals surface area contributed by atoms with E-state index in [1.54, 1.807) is 14.0 Å². The quantitative estimate of drug-likeness (QED) is 0.798.